The van der Waals surface area contributed by atoms with Gasteiger partial charge in [-0.2, -0.15) is 0 Å². The van der Waals surface area contributed by atoms with Crippen molar-refractivity contribution in [3.05, 3.63) is 34.9 Å². The van der Waals surface area contributed by atoms with Crippen LogP contribution in [0.4, 0.5) is 0 Å². The van der Waals surface area contributed by atoms with E-state index in [0.717, 1.165) is 58.0 Å². The lowest BCUT2D eigenvalue weighted by atomic mass is 10.0. The third-order valence-corrected chi connectivity index (χ3v) is 4.45. The average Bonchev–Trinajstić information content (AvgIpc) is 2.77. The van der Waals surface area contributed by atoms with Gasteiger partial charge in [-0.3, -0.25) is 9.59 Å². The van der Waals surface area contributed by atoms with E-state index in [1.165, 1.54) is 11.1 Å². The fourth-order valence-corrected chi connectivity index (χ4v) is 3.25. The molecule has 106 valence electrons. The van der Waals surface area contributed by atoms with Crippen molar-refractivity contribution in [2.45, 2.75) is 44.9 Å². The Bertz CT molecular complexity index is 528. The van der Waals surface area contributed by atoms with Gasteiger partial charge in [0.2, 0.25) is 5.78 Å². The number of ketones is 1. The van der Waals surface area contributed by atoms with Crippen LogP contribution in [0.25, 0.3) is 0 Å². The minimum absolute atomic E-state index is 0.315. The molecule has 1 aromatic carbocycles. The molecular weight excluding hydrogens is 250 g/mol. The van der Waals surface area contributed by atoms with Crippen molar-refractivity contribution in [1.29, 1.82) is 0 Å². The Morgan fingerprint density at radius 2 is 1.55 bits per heavy atom. The van der Waals surface area contributed by atoms with Crippen molar-refractivity contribution in [2.24, 2.45) is 0 Å². The SMILES string of the molecule is O=C(C(=O)N1CCCCCC1)c1ccc2c(c1)CCC2. The number of carbonyl (C=O) groups is 2. The van der Waals surface area contributed by atoms with Gasteiger partial charge in [0.1, 0.15) is 0 Å². The molecule has 0 bridgehead atoms. The van der Waals surface area contributed by atoms with E-state index < -0.39 is 0 Å². The first-order valence-corrected chi connectivity index (χ1v) is 7.71. The van der Waals surface area contributed by atoms with Gasteiger partial charge in [-0.15, -0.1) is 0 Å². The van der Waals surface area contributed by atoms with Crippen LogP contribution >= 0.6 is 0 Å². The van der Waals surface area contributed by atoms with Gasteiger partial charge < -0.3 is 4.90 Å². The van der Waals surface area contributed by atoms with E-state index >= 15 is 0 Å². The predicted octanol–water partition coefficient (Wildman–Crippen LogP) is 2.76. The van der Waals surface area contributed by atoms with Crippen molar-refractivity contribution in [3.8, 4) is 0 Å². The molecule has 0 unspecified atom stereocenters. The molecule has 3 rings (SSSR count). The number of benzene rings is 1. The number of hydrogen-bond acceptors (Lipinski definition) is 2. The number of amides is 1. The Morgan fingerprint density at radius 1 is 0.850 bits per heavy atom. The highest BCUT2D eigenvalue weighted by Crippen LogP contribution is 2.23. The average molecular weight is 271 g/mol. The summed E-state index contributed by atoms with van der Waals surface area (Å²) in [7, 11) is 0. The fourth-order valence-electron chi connectivity index (χ4n) is 3.25. The molecule has 2 aliphatic rings. The third kappa shape index (κ3) is 2.62. The summed E-state index contributed by atoms with van der Waals surface area (Å²) in [6.45, 7) is 1.46. The fraction of sp³-hybridized carbons (Fsp3) is 0.529. The molecule has 0 saturated carbocycles. The summed E-state index contributed by atoms with van der Waals surface area (Å²) in [6.07, 6.45) is 7.66. The van der Waals surface area contributed by atoms with Crippen molar-refractivity contribution in [3.63, 3.8) is 0 Å². The van der Waals surface area contributed by atoms with Crippen molar-refractivity contribution in [1.82, 2.24) is 4.90 Å². The van der Waals surface area contributed by atoms with E-state index in [1.807, 2.05) is 18.2 Å². The van der Waals surface area contributed by atoms with Crippen LogP contribution in [0.1, 0.15) is 53.6 Å². The largest absolute Gasteiger partial charge is 0.336 e. The van der Waals surface area contributed by atoms with Crippen LogP contribution in [0, 0.1) is 0 Å². The molecule has 3 nitrogen and oxygen atoms in total. The summed E-state index contributed by atoms with van der Waals surface area (Å²) < 4.78 is 0. The maximum Gasteiger partial charge on any atom is 0.294 e. The number of rotatable bonds is 2. The zero-order valence-electron chi connectivity index (χ0n) is 11.9. The highest BCUT2D eigenvalue weighted by atomic mass is 16.2. The van der Waals surface area contributed by atoms with Crippen LogP contribution in [0.15, 0.2) is 18.2 Å². The molecule has 1 aliphatic carbocycles. The summed E-state index contributed by atoms with van der Waals surface area (Å²) in [4.78, 5) is 26.4. The van der Waals surface area contributed by atoms with E-state index in [1.54, 1.807) is 4.90 Å². The standard InChI is InChI=1S/C17H21NO2/c19-16(17(20)18-10-3-1-2-4-11-18)15-9-8-13-6-5-7-14(13)12-15/h8-9,12H,1-7,10-11H2. The highest BCUT2D eigenvalue weighted by molar-refractivity contribution is 6.42. The predicted molar refractivity (Wildman–Crippen MR) is 77.8 cm³/mol. The van der Waals surface area contributed by atoms with Gasteiger partial charge >= 0.3 is 0 Å². The Labute approximate surface area is 120 Å². The first-order valence-electron chi connectivity index (χ1n) is 7.71. The second-order valence-electron chi connectivity index (χ2n) is 5.87. The molecule has 3 heteroatoms. The topological polar surface area (TPSA) is 37.4 Å². The van der Waals surface area contributed by atoms with Crippen LogP contribution < -0.4 is 0 Å². The summed E-state index contributed by atoms with van der Waals surface area (Å²) in [5.41, 5.74) is 3.16. The summed E-state index contributed by atoms with van der Waals surface area (Å²) in [5.74, 6) is -0.647. The lowest BCUT2D eigenvalue weighted by molar-refractivity contribution is -0.126. The molecule has 20 heavy (non-hydrogen) atoms. The van der Waals surface area contributed by atoms with Crippen LogP contribution in [0.3, 0.4) is 0 Å². The van der Waals surface area contributed by atoms with Crippen LogP contribution in [0.2, 0.25) is 0 Å². The van der Waals surface area contributed by atoms with E-state index in [2.05, 4.69) is 0 Å². The van der Waals surface area contributed by atoms with Crippen molar-refractivity contribution < 1.29 is 9.59 Å². The smallest absolute Gasteiger partial charge is 0.294 e. The van der Waals surface area contributed by atoms with E-state index in [0.29, 0.717) is 5.56 Å². The molecule has 0 atom stereocenters. The molecule has 1 aromatic rings. The number of Topliss-reactive ketones (excluding diaryl/α,β-unsaturated/α-hetero) is 1. The maximum atomic E-state index is 12.4. The Kier molecular flexibility index (Phi) is 3.86. The van der Waals surface area contributed by atoms with Gasteiger partial charge in [0.25, 0.3) is 5.91 Å². The quantitative estimate of drug-likeness (QED) is 0.612. The van der Waals surface area contributed by atoms with Crippen LogP contribution in [-0.2, 0) is 17.6 Å². The molecule has 1 amide bonds. The zero-order valence-corrected chi connectivity index (χ0v) is 11.9. The Hall–Kier alpha value is -1.64. The number of hydrogen-bond donors (Lipinski definition) is 0. The van der Waals surface area contributed by atoms with Gasteiger partial charge in [0.05, 0.1) is 0 Å². The molecule has 1 fully saturated rings. The van der Waals surface area contributed by atoms with E-state index in [9.17, 15) is 9.59 Å². The van der Waals surface area contributed by atoms with E-state index in [4.69, 9.17) is 0 Å². The lowest BCUT2D eigenvalue weighted by Crippen LogP contribution is -2.37. The number of aryl methyl sites for hydroxylation is 2. The molecule has 1 saturated heterocycles. The summed E-state index contributed by atoms with van der Waals surface area (Å²) in [6, 6.07) is 5.77. The molecule has 1 heterocycles. The van der Waals surface area contributed by atoms with Gasteiger partial charge in [-0.05, 0) is 49.3 Å². The first-order chi connectivity index (χ1) is 9.75. The molecule has 1 aliphatic heterocycles. The monoisotopic (exact) mass is 271 g/mol. The zero-order chi connectivity index (χ0) is 13.9. The maximum absolute atomic E-state index is 12.4. The Morgan fingerprint density at radius 3 is 2.30 bits per heavy atom. The minimum atomic E-state index is -0.332. The first kappa shape index (κ1) is 13.3. The third-order valence-electron chi connectivity index (χ3n) is 4.45. The number of nitrogens with zero attached hydrogens (tertiary/aromatic N) is 1. The second-order valence-corrected chi connectivity index (χ2v) is 5.87. The lowest BCUT2D eigenvalue weighted by Gasteiger charge is -2.19. The molecule has 0 N–H and O–H groups in total. The molecule has 0 radical (unpaired) electrons. The minimum Gasteiger partial charge on any atom is -0.336 e. The number of carbonyl (C=O) groups excluding carboxylic acids is 2. The van der Waals surface area contributed by atoms with Crippen LogP contribution in [-0.4, -0.2) is 29.7 Å². The molecular formula is C17H21NO2. The summed E-state index contributed by atoms with van der Waals surface area (Å²) >= 11 is 0. The van der Waals surface area contributed by atoms with E-state index in [-0.39, 0.29) is 11.7 Å². The van der Waals surface area contributed by atoms with Gasteiger partial charge in [0.15, 0.2) is 0 Å². The molecule has 0 aromatic heterocycles. The highest BCUT2D eigenvalue weighted by Gasteiger charge is 2.24. The van der Waals surface area contributed by atoms with Crippen LogP contribution in [0.5, 0.6) is 0 Å². The van der Waals surface area contributed by atoms with Crippen molar-refractivity contribution >= 4 is 11.7 Å². The van der Waals surface area contributed by atoms with Crippen molar-refractivity contribution in [2.75, 3.05) is 13.1 Å². The summed E-state index contributed by atoms with van der Waals surface area (Å²) in [5, 5.41) is 0. The number of likely N-dealkylation sites (tertiary alicyclic amines) is 1. The second kappa shape index (κ2) is 5.78. The number of fused-ring (bicyclic) bond motifs is 1. The molecule has 0 spiro atoms. The van der Waals surface area contributed by atoms with Gasteiger partial charge in [-0.1, -0.05) is 25.0 Å². The Balaban J connectivity index is 1.76. The van der Waals surface area contributed by atoms with Gasteiger partial charge in [-0.25, -0.2) is 0 Å². The normalized spacial score (nSPS) is 18.5. The van der Waals surface area contributed by atoms with Gasteiger partial charge in [0, 0.05) is 18.7 Å².